The van der Waals surface area contributed by atoms with Crippen LogP contribution < -0.4 is 10.6 Å². The maximum absolute atomic E-state index is 12.2. The highest BCUT2D eigenvalue weighted by Crippen LogP contribution is 2.12. The third kappa shape index (κ3) is 4.55. The third-order valence-electron chi connectivity index (χ3n) is 4.42. The van der Waals surface area contributed by atoms with E-state index in [1.807, 2.05) is 0 Å². The van der Waals surface area contributed by atoms with Crippen LogP contribution in [0.3, 0.4) is 0 Å². The number of rotatable bonds is 6. The summed E-state index contributed by atoms with van der Waals surface area (Å²) in [5.41, 5.74) is 0.968. The van der Waals surface area contributed by atoms with E-state index in [0.29, 0.717) is 24.2 Å². The molecule has 2 aliphatic heterocycles. The highest BCUT2D eigenvalue weighted by molar-refractivity contribution is 5.99. The summed E-state index contributed by atoms with van der Waals surface area (Å²) >= 11 is 0. The first kappa shape index (κ1) is 16.9. The van der Waals surface area contributed by atoms with Crippen molar-refractivity contribution in [2.24, 2.45) is 0 Å². The van der Waals surface area contributed by atoms with Crippen molar-refractivity contribution in [1.29, 1.82) is 0 Å². The van der Waals surface area contributed by atoms with Crippen LogP contribution in [0.25, 0.3) is 0 Å². The molecule has 3 rings (SSSR count). The maximum Gasteiger partial charge on any atom is 0.251 e. The van der Waals surface area contributed by atoms with Crippen molar-refractivity contribution in [2.45, 2.75) is 37.9 Å². The Labute approximate surface area is 141 Å². The van der Waals surface area contributed by atoms with Gasteiger partial charge in [-0.25, -0.2) is 0 Å². The molecule has 0 unspecified atom stereocenters. The SMILES string of the molecule is O=C(NC[C@H]1CCCO1)c1cccc(C(=O)NC[C@H]2CCCO2)c1. The van der Waals surface area contributed by atoms with Crippen molar-refractivity contribution in [1.82, 2.24) is 10.6 Å². The minimum atomic E-state index is -0.181. The summed E-state index contributed by atoms with van der Waals surface area (Å²) in [5.74, 6) is -0.362. The fraction of sp³-hybridized carbons (Fsp3) is 0.556. The van der Waals surface area contributed by atoms with Gasteiger partial charge in [-0.3, -0.25) is 9.59 Å². The lowest BCUT2D eigenvalue weighted by atomic mass is 10.1. The standard InChI is InChI=1S/C18H24N2O4/c21-17(19-11-15-6-2-8-23-15)13-4-1-5-14(10-13)18(22)20-12-16-7-3-9-24-16/h1,4-5,10,15-16H,2-3,6-9,11-12H2,(H,19,21)(H,20,22)/t15-,16-/m1/s1. The second-order valence-electron chi connectivity index (χ2n) is 6.27. The number of amides is 2. The molecule has 1 aromatic rings. The number of carbonyl (C=O) groups is 2. The van der Waals surface area contributed by atoms with Gasteiger partial charge in [0.2, 0.25) is 0 Å². The lowest BCUT2D eigenvalue weighted by Gasteiger charge is -2.12. The number of hydrogen-bond acceptors (Lipinski definition) is 4. The van der Waals surface area contributed by atoms with Gasteiger partial charge in [-0.15, -0.1) is 0 Å². The van der Waals surface area contributed by atoms with Crippen LogP contribution in [0.2, 0.25) is 0 Å². The highest BCUT2D eigenvalue weighted by Gasteiger charge is 2.18. The molecule has 24 heavy (non-hydrogen) atoms. The molecule has 6 heteroatoms. The van der Waals surface area contributed by atoms with Crippen LogP contribution >= 0.6 is 0 Å². The molecule has 6 nitrogen and oxygen atoms in total. The summed E-state index contributed by atoms with van der Waals surface area (Å²) in [7, 11) is 0. The quantitative estimate of drug-likeness (QED) is 0.828. The summed E-state index contributed by atoms with van der Waals surface area (Å²) < 4.78 is 11.0. The van der Waals surface area contributed by atoms with Crippen LogP contribution in [0, 0.1) is 0 Å². The van der Waals surface area contributed by atoms with E-state index in [1.165, 1.54) is 0 Å². The summed E-state index contributed by atoms with van der Waals surface area (Å²) in [4.78, 5) is 24.4. The van der Waals surface area contributed by atoms with E-state index in [4.69, 9.17) is 9.47 Å². The minimum absolute atomic E-state index is 0.104. The Kier molecular flexibility index (Phi) is 5.82. The van der Waals surface area contributed by atoms with Crippen LogP contribution in [-0.2, 0) is 9.47 Å². The monoisotopic (exact) mass is 332 g/mol. The molecule has 2 atom stereocenters. The zero-order valence-electron chi connectivity index (χ0n) is 13.8. The number of nitrogens with one attached hydrogen (secondary N) is 2. The van der Waals surface area contributed by atoms with Crippen molar-refractivity contribution < 1.29 is 19.1 Å². The van der Waals surface area contributed by atoms with Gasteiger partial charge in [-0.1, -0.05) is 6.07 Å². The van der Waals surface area contributed by atoms with Gasteiger partial charge in [0.15, 0.2) is 0 Å². The number of ether oxygens (including phenoxy) is 2. The second kappa shape index (κ2) is 8.26. The predicted octanol–water partition coefficient (Wildman–Crippen LogP) is 1.50. The number of hydrogen-bond donors (Lipinski definition) is 2. The van der Waals surface area contributed by atoms with Crippen molar-refractivity contribution in [3.8, 4) is 0 Å². The highest BCUT2D eigenvalue weighted by atomic mass is 16.5. The number of carbonyl (C=O) groups excluding carboxylic acids is 2. The Morgan fingerprint density at radius 2 is 1.42 bits per heavy atom. The fourth-order valence-corrected chi connectivity index (χ4v) is 3.03. The van der Waals surface area contributed by atoms with Crippen molar-refractivity contribution in [3.05, 3.63) is 35.4 Å². The molecule has 0 radical (unpaired) electrons. The Hall–Kier alpha value is -1.92. The first-order chi connectivity index (χ1) is 11.7. The van der Waals surface area contributed by atoms with Gasteiger partial charge in [0.25, 0.3) is 11.8 Å². The average molecular weight is 332 g/mol. The molecular weight excluding hydrogens is 308 g/mol. The Morgan fingerprint density at radius 3 is 1.83 bits per heavy atom. The van der Waals surface area contributed by atoms with Gasteiger partial charge in [0, 0.05) is 37.4 Å². The van der Waals surface area contributed by atoms with Gasteiger partial charge in [0.1, 0.15) is 0 Å². The Morgan fingerprint density at radius 1 is 0.917 bits per heavy atom. The molecule has 2 saturated heterocycles. The van der Waals surface area contributed by atoms with Crippen molar-refractivity contribution >= 4 is 11.8 Å². The molecule has 0 aromatic heterocycles. The summed E-state index contributed by atoms with van der Waals surface area (Å²) in [5, 5.41) is 5.74. The van der Waals surface area contributed by atoms with Gasteiger partial charge >= 0.3 is 0 Å². The molecule has 0 aliphatic carbocycles. The van der Waals surface area contributed by atoms with Gasteiger partial charge < -0.3 is 20.1 Å². The zero-order chi connectivity index (χ0) is 16.8. The summed E-state index contributed by atoms with van der Waals surface area (Å²) in [6, 6.07) is 6.76. The predicted molar refractivity (Wildman–Crippen MR) is 89.1 cm³/mol. The van der Waals surface area contributed by atoms with E-state index in [0.717, 1.165) is 38.9 Å². The normalized spacial score (nSPS) is 23.2. The van der Waals surface area contributed by atoms with Crippen LogP contribution in [0.4, 0.5) is 0 Å². The molecule has 1 aromatic carbocycles. The van der Waals surface area contributed by atoms with Gasteiger partial charge in [-0.05, 0) is 43.9 Å². The van der Waals surface area contributed by atoms with Crippen LogP contribution in [0.5, 0.6) is 0 Å². The summed E-state index contributed by atoms with van der Waals surface area (Å²) in [6.45, 7) is 2.55. The average Bonchev–Trinajstić information content (AvgIpc) is 3.31. The van der Waals surface area contributed by atoms with E-state index >= 15 is 0 Å². The van der Waals surface area contributed by atoms with E-state index in [1.54, 1.807) is 24.3 Å². The van der Waals surface area contributed by atoms with E-state index in [9.17, 15) is 9.59 Å². The molecule has 2 heterocycles. The third-order valence-corrected chi connectivity index (χ3v) is 4.42. The molecule has 2 fully saturated rings. The van der Waals surface area contributed by atoms with Crippen molar-refractivity contribution in [2.75, 3.05) is 26.3 Å². The molecular formula is C18H24N2O4. The maximum atomic E-state index is 12.2. The molecule has 0 bridgehead atoms. The fourth-order valence-electron chi connectivity index (χ4n) is 3.03. The molecule has 130 valence electrons. The first-order valence-corrected chi connectivity index (χ1v) is 8.62. The van der Waals surface area contributed by atoms with Gasteiger partial charge in [-0.2, -0.15) is 0 Å². The second-order valence-corrected chi connectivity index (χ2v) is 6.27. The lowest BCUT2D eigenvalue weighted by Crippen LogP contribution is -2.33. The topological polar surface area (TPSA) is 76.7 Å². The first-order valence-electron chi connectivity index (χ1n) is 8.62. The van der Waals surface area contributed by atoms with Crippen molar-refractivity contribution in [3.63, 3.8) is 0 Å². The Bertz CT molecular complexity index is 531. The van der Waals surface area contributed by atoms with Crippen LogP contribution in [0.1, 0.15) is 46.4 Å². The molecule has 2 aliphatic rings. The lowest BCUT2D eigenvalue weighted by molar-refractivity contribution is 0.0855. The van der Waals surface area contributed by atoms with Crippen LogP contribution in [-0.4, -0.2) is 50.3 Å². The van der Waals surface area contributed by atoms with E-state index in [-0.39, 0.29) is 24.0 Å². The van der Waals surface area contributed by atoms with Crippen LogP contribution in [0.15, 0.2) is 24.3 Å². The zero-order valence-corrected chi connectivity index (χ0v) is 13.8. The smallest absolute Gasteiger partial charge is 0.251 e. The Balaban J connectivity index is 1.52. The van der Waals surface area contributed by atoms with E-state index < -0.39 is 0 Å². The van der Waals surface area contributed by atoms with Gasteiger partial charge in [0.05, 0.1) is 12.2 Å². The minimum Gasteiger partial charge on any atom is -0.376 e. The molecule has 2 amide bonds. The number of benzene rings is 1. The largest absolute Gasteiger partial charge is 0.376 e. The summed E-state index contributed by atoms with van der Waals surface area (Å²) in [6.07, 6.45) is 4.25. The molecule has 2 N–H and O–H groups in total. The molecule has 0 spiro atoms. The molecule has 0 saturated carbocycles. The van der Waals surface area contributed by atoms with E-state index in [2.05, 4.69) is 10.6 Å².